The molecular formula is C19H22CoN4. The average Bonchev–Trinajstić information content (AvgIpc) is 3.28. The molecule has 0 aromatic rings. The predicted octanol–water partition coefficient (Wildman–Crippen LogP) is 3.47. The fourth-order valence-corrected chi connectivity index (χ4v) is 4.22. The molecule has 0 amide bonds. The van der Waals surface area contributed by atoms with E-state index < -0.39 is 0 Å². The molecule has 5 aliphatic rings. The number of fused-ring (bicyclic) bond motifs is 6. The van der Waals surface area contributed by atoms with Gasteiger partial charge in [0.1, 0.15) is 0 Å². The second-order valence-corrected chi connectivity index (χ2v) is 7.16. The summed E-state index contributed by atoms with van der Waals surface area (Å²) < 4.78 is 0. The monoisotopic (exact) mass is 365 g/mol. The van der Waals surface area contributed by atoms with Crippen LogP contribution in [0.25, 0.3) is 0 Å². The molecule has 1 radical (unpaired) electrons. The summed E-state index contributed by atoms with van der Waals surface area (Å²) in [5.41, 5.74) is 7.53. The number of nitrogens with one attached hydrogen (secondary N) is 1. The smallest absolute Gasteiger partial charge is 0.0730 e. The van der Waals surface area contributed by atoms with E-state index in [1.54, 1.807) is 0 Å². The van der Waals surface area contributed by atoms with Gasteiger partial charge in [0, 0.05) is 51.0 Å². The molecule has 1 saturated heterocycles. The molecule has 5 aliphatic heterocycles. The molecule has 127 valence electrons. The normalized spacial score (nSPS) is 32.8. The van der Waals surface area contributed by atoms with Crippen LogP contribution in [0.15, 0.2) is 50.3 Å². The largest absolute Gasteiger partial charge is 0.362 e. The molecule has 8 bridgehead atoms. The maximum Gasteiger partial charge on any atom is 0.0730 e. The van der Waals surface area contributed by atoms with Crippen LogP contribution in [0.4, 0.5) is 0 Å². The van der Waals surface area contributed by atoms with Crippen LogP contribution in [0, 0.1) is 0 Å². The molecular weight excluding hydrogens is 343 g/mol. The second-order valence-electron chi connectivity index (χ2n) is 7.16. The van der Waals surface area contributed by atoms with Crippen molar-refractivity contribution in [3.05, 3.63) is 35.3 Å². The molecule has 1 N–H and O–H groups in total. The number of rotatable bonds is 0. The predicted molar refractivity (Wildman–Crippen MR) is 94.2 cm³/mol. The van der Waals surface area contributed by atoms with Crippen LogP contribution in [-0.4, -0.2) is 29.2 Å². The zero-order valence-electron chi connectivity index (χ0n) is 13.7. The average molecular weight is 365 g/mol. The van der Waals surface area contributed by atoms with Gasteiger partial charge >= 0.3 is 0 Å². The van der Waals surface area contributed by atoms with Gasteiger partial charge in [0.25, 0.3) is 0 Å². The van der Waals surface area contributed by atoms with Gasteiger partial charge < -0.3 is 5.32 Å². The molecule has 5 heterocycles. The minimum atomic E-state index is 0. The van der Waals surface area contributed by atoms with Crippen LogP contribution in [0.5, 0.6) is 0 Å². The van der Waals surface area contributed by atoms with E-state index in [1.807, 2.05) is 0 Å². The quantitative estimate of drug-likeness (QED) is 0.702. The molecule has 4 nitrogen and oxygen atoms in total. The van der Waals surface area contributed by atoms with Gasteiger partial charge in [-0.2, -0.15) is 0 Å². The number of hydrogen-bond donors (Lipinski definition) is 1. The van der Waals surface area contributed by atoms with E-state index in [-0.39, 0.29) is 16.8 Å². The standard InChI is InChI=1S/C19H22N4.Co/c1-3-14-10-16-5-7-18(22-16)19-8-6-17(23-19)11-15-4-2-13(21-15)9-12(1)20-14;/h9-11,18-20H,1-8H2;/b12-9?,14-10?,15-11-;. The Kier molecular flexibility index (Phi) is 4.31. The molecule has 0 aliphatic carbocycles. The zero-order valence-corrected chi connectivity index (χ0v) is 14.8. The molecule has 0 aromatic heterocycles. The maximum atomic E-state index is 4.97. The van der Waals surface area contributed by atoms with Crippen molar-refractivity contribution in [2.75, 3.05) is 0 Å². The fraction of sp³-hybridized carbons (Fsp3) is 0.526. The number of nitrogens with zero attached hydrogens (tertiary/aromatic N) is 3. The van der Waals surface area contributed by atoms with Crippen molar-refractivity contribution in [3.63, 3.8) is 0 Å². The molecule has 24 heavy (non-hydrogen) atoms. The SMILES string of the molecule is C1=C2CCC(=CC3=NC(CC3)C3CCC(=N3)/C=C3/CCC1=N3)N2.[Co]. The van der Waals surface area contributed by atoms with Crippen LogP contribution in [-0.2, 0) is 16.8 Å². The van der Waals surface area contributed by atoms with Gasteiger partial charge in [-0.15, -0.1) is 0 Å². The topological polar surface area (TPSA) is 49.1 Å². The van der Waals surface area contributed by atoms with E-state index in [9.17, 15) is 0 Å². The van der Waals surface area contributed by atoms with E-state index in [0.717, 1.165) is 51.4 Å². The molecule has 5 rings (SSSR count). The maximum absolute atomic E-state index is 4.97. The minimum absolute atomic E-state index is 0. The van der Waals surface area contributed by atoms with Crippen LogP contribution < -0.4 is 5.32 Å². The molecule has 0 spiro atoms. The minimum Gasteiger partial charge on any atom is -0.362 e. The van der Waals surface area contributed by atoms with Crippen molar-refractivity contribution in [1.82, 2.24) is 5.32 Å². The van der Waals surface area contributed by atoms with Gasteiger partial charge in [-0.3, -0.25) is 15.0 Å². The summed E-state index contributed by atoms with van der Waals surface area (Å²) in [7, 11) is 0. The Hall–Kier alpha value is -1.46. The molecule has 2 unspecified atom stereocenters. The Balaban J connectivity index is 0.00000146. The van der Waals surface area contributed by atoms with E-state index in [2.05, 4.69) is 23.5 Å². The third-order valence-electron chi connectivity index (χ3n) is 5.42. The van der Waals surface area contributed by atoms with Crippen molar-refractivity contribution in [2.45, 2.75) is 63.5 Å². The molecule has 0 aromatic carbocycles. The van der Waals surface area contributed by atoms with Gasteiger partial charge in [-0.25, -0.2) is 0 Å². The Morgan fingerprint density at radius 2 is 1.33 bits per heavy atom. The van der Waals surface area contributed by atoms with Crippen LogP contribution in [0.2, 0.25) is 0 Å². The Labute approximate surface area is 153 Å². The first-order chi connectivity index (χ1) is 11.3. The first kappa shape index (κ1) is 16.0. The summed E-state index contributed by atoms with van der Waals surface area (Å²) in [6.45, 7) is 0. The first-order valence-electron chi connectivity index (χ1n) is 8.91. The van der Waals surface area contributed by atoms with Gasteiger partial charge in [-0.1, -0.05) is 0 Å². The van der Waals surface area contributed by atoms with Crippen LogP contribution in [0.3, 0.4) is 0 Å². The summed E-state index contributed by atoms with van der Waals surface area (Å²) in [5, 5.41) is 3.57. The number of hydrogen-bond acceptors (Lipinski definition) is 4. The van der Waals surface area contributed by atoms with Gasteiger partial charge in [0.15, 0.2) is 0 Å². The molecule has 2 atom stereocenters. The number of allylic oxidation sites excluding steroid dienone is 6. The van der Waals surface area contributed by atoms with Crippen molar-refractivity contribution in [2.24, 2.45) is 15.0 Å². The Morgan fingerprint density at radius 3 is 2.04 bits per heavy atom. The zero-order chi connectivity index (χ0) is 15.2. The first-order valence-corrected chi connectivity index (χ1v) is 8.91. The molecule has 5 heteroatoms. The summed E-state index contributed by atoms with van der Waals surface area (Å²) in [6, 6.07) is 0.778. The van der Waals surface area contributed by atoms with Crippen molar-refractivity contribution < 1.29 is 16.8 Å². The van der Waals surface area contributed by atoms with E-state index >= 15 is 0 Å². The third-order valence-corrected chi connectivity index (χ3v) is 5.42. The Bertz CT molecular complexity index is 738. The molecule has 1 fully saturated rings. The Morgan fingerprint density at radius 1 is 0.708 bits per heavy atom. The summed E-state index contributed by atoms with van der Waals surface area (Å²) in [5.74, 6) is 0. The van der Waals surface area contributed by atoms with Gasteiger partial charge in [0.2, 0.25) is 0 Å². The third kappa shape index (κ3) is 3.07. The van der Waals surface area contributed by atoms with Crippen LogP contribution in [0.1, 0.15) is 51.4 Å². The van der Waals surface area contributed by atoms with Crippen molar-refractivity contribution >= 4 is 17.1 Å². The summed E-state index contributed by atoms with van der Waals surface area (Å²) in [4.78, 5) is 14.7. The summed E-state index contributed by atoms with van der Waals surface area (Å²) >= 11 is 0. The molecule has 0 saturated carbocycles. The summed E-state index contributed by atoms with van der Waals surface area (Å²) in [6.07, 6.45) is 15.6. The van der Waals surface area contributed by atoms with E-state index in [1.165, 1.54) is 34.2 Å². The fourth-order valence-electron chi connectivity index (χ4n) is 4.22. The van der Waals surface area contributed by atoms with Gasteiger partial charge in [0.05, 0.1) is 12.1 Å². The van der Waals surface area contributed by atoms with Gasteiger partial charge in [-0.05, 0) is 69.6 Å². The second kappa shape index (κ2) is 6.45. The van der Waals surface area contributed by atoms with Crippen molar-refractivity contribution in [1.29, 1.82) is 0 Å². The number of aliphatic imine (C=N–C) groups is 3. The van der Waals surface area contributed by atoms with Crippen molar-refractivity contribution in [3.8, 4) is 0 Å². The van der Waals surface area contributed by atoms with E-state index in [4.69, 9.17) is 15.0 Å². The van der Waals surface area contributed by atoms with E-state index in [0.29, 0.717) is 12.1 Å². The van der Waals surface area contributed by atoms with Crippen LogP contribution >= 0.6 is 0 Å².